The van der Waals surface area contributed by atoms with E-state index in [-0.39, 0.29) is 0 Å². The van der Waals surface area contributed by atoms with Crippen LogP contribution in [0.4, 0.5) is 0 Å². The molecule has 1 rings (SSSR count). The van der Waals surface area contributed by atoms with Gasteiger partial charge in [-0.1, -0.05) is 18.5 Å². The topological polar surface area (TPSA) is 24.5 Å². The third-order valence-electron chi connectivity index (χ3n) is 2.68. The van der Waals surface area contributed by atoms with Gasteiger partial charge >= 0.3 is 0 Å². The first kappa shape index (κ1) is 15.3. The summed E-state index contributed by atoms with van der Waals surface area (Å²) in [6.45, 7) is 5.65. The molecule has 18 heavy (non-hydrogen) atoms. The summed E-state index contributed by atoms with van der Waals surface area (Å²) in [6, 6.07) is 5.83. The van der Waals surface area contributed by atoms with Gasteiger partial charge in [-0.2, -0.15) is 0 Å². The van der Waals surface area contributed by atoms with Gasteiger partial charge in [0.1, 0.15) is 12.4 Å². The van der Waals surface area contributed by atoms with Crippen molar-refractivity contribution in [3.05, 3.63) is 28.8 Å². The molecule has 0 radical (unpaired) electrons. The van der Waals surface area contributed by atoms with E-state index >= 15 is 0 Å². The minimum Gasteiger partial charge on any atom is -0.492 e. The number of ether oxygens (including phenoxy) is 1. The van der Waals surface area contributed by atoms with E-state index < -0.39 is 0 Å². The third-order valence-corrected chi connectivity index (χ3v) is 3.05. The summed E-state index contributed by atoms with van der Waals surface area (Å²) < 4.78 is 5.68. The zero-order chi connectivity index (χ0) is 13.4. The van der Waals surface area contributed by atoms with Gasteiger partial charge in [-0.25, -0.2) is 0 Å². The lowest BCUT2D eigenvalue weighted by atomic mass is 10.1. The molecule has 102 valence electrons. The lowest BCUT2D eigenvalue weighted by Gasteiger charge is -2.11. The van der Waals surface area contributed by atoms with Gasteiger partial charge in [0.05, 0.1) is 0 Å². The molecular formula is C14H23ClN2O. The Morgan fingerprint density at radius 3 is 2.72 bits per heavy atom. The molecule has 0 aliphatic heterocycles. The zero-order valence-corrected chi connectivity index (χ0v) is 12.3. The molecule has 1 aromatic carbocycles. The highest BCUT2D eigenvalue weighted by Crippen LogP contribution is 2.22. The molecule has 0 atom stereocenters. The molecular weight excluding hydrogens is 248 g/mol. The van der Waals surface area contributed by atoms with Gasteiger partial charge < -0.3 is 15.0 Å². The third kappa shape index (κ3) is 5.71. The first-order chi connectivity index (χ1) is 8.63. The molecule has 1 N–H and O–H groups in total. The Balaban J connectivity index is 2.23. The Bertz CT molecular complexity index is 356. The standard InChI is InChI=1S/C14H23ClN2O/c1-4-12-11-13(5-6-14(12)15)18-10-8-16-7-9-17(2)3/h5-6,11,16H,4,7-10H2,1-3H3. The van der Waals surface area contributed by atoms with Gasteiger partial charge in [0, 0.05) is 24.7 Å². The molecule has 0 aromatic heterocycles. The fourth-order valence-corrected chi connectivity index (χ4v) is 1.83. The summed E-state index contributed by atoms with van der Waals surface area (Å²) in [5, 5.41) is 4.15. The van der Waals surface area contributed by atoms with E-state index in [0.717, 1.165) is 42.4 Å². The van der Waals surface area contributed by atoms with Gasteiger partial charge in [0.2, 0.25) is 0 Å². The van der Waals surface area contributed by atoms with Crippen LogP contribution in [0.2, 0.25) is 5.02 Å². The van der Waals surface area contributed by atoms with Crippen LogP contribution in [0, 0.1) is 0 Å². The quantitative estimate of drug-likeness (QED) is 0.735. The molecule has 1 aromatic rings. The van der Waals surface area contributed by atoms with Gasteiger partial charge in [-0.15, -0.1) is 0 Å². The lowest BCUT2D eigenvalue weighted by Crippen LogP contribution is -2.29. The van der Waals surface area contributed by atoms with Gasteiger partial charge in [0.15, 0.2) is 0 Å². The van der Waals surface area contributed by atoms with Crippen LogP contribution in [0.5, 0.6) is 5.75 Å². The van der Waals surface area contributed by atoms with Gasteiger partial charge in [-0.3, -0.25) is 0 Å². The molecule has 4 heteroatoms. The Kier molecular flexibility index (Phi) is 7.09. The molecule has 0 aliphatic carbocycles. The normalized spacial score (nSPS) is 10.9. The summed E-state index contributed by atoms with van der Waals surface area (Å²) in [6.07, 6.45) is 0.928. The predicted molar refractivity (Wildman–Crippen MR) is 77.7 cm³/mol. The van der Waals surface area contributed by atoms with Crippen molar-refractivity contribution in [3.8, 4) is 5.75 Å². The maximum atomic E-state index is 6.06. The van der Waals surface area contributed by atoms with Crippen molar-refractivity contribution in [1.82, 2.24) is 10.2 Å². The van der Waals surface area contributed by atoms with Crippen LogP contribution in [0.3, 0.4) is 0 Å². The number of aryl methyl sites for hydroxylation is 1. The van der Waals surface area contributed by atoms with E-state index in [4.69, 9.17) is 16.3 Å². The van der Waals surface area contributed by atoms with E-state index in [0.29, 0.717) is 6.61 Å². The van der Waals surface area contributed by atoms with Crippen molar-refractivity contribution in [2.75, 3.05) is 40.3 Å². The number of hydrogen-bond acceptors (Lipinski definition) is 3. The monoisotopic (exact) mass is 270 g/mol. The Morgan fingerprint density at radius 1 is 1.28 bits per heavy atom. The van der Waals surface area contributed by atoms with E-state index in [1.807, 2.05) is 18.2 Å². The minimum absolute atomic E-state index is 0.679. The van der Waals surface area contributed by atoms with Crippen LogP contribution >= 0.6 is 11.6 Å². The highest BCUT2D eigenvalue weighted by atomic mass is 35.5. The number of benzene rings is 1. The highest BCUT2D eigenvalue weighted by molar-refractivity contribution is 6.31. The largest absolute Gasteiger partial charge is 0.492 e. The van der Waals surface area contributed by atoms with Crippen LogP contribution in [0.25, 0.3) is 0 Å². The van der Waals surface area contributed by atoms with E-state index in [1.54, 1.807) is 0 Å². The molecule has 0 aliphatic rings. The van der Waals surface area contributed by atoms with Crippen LogP contribution in [-0.4, -0.2) is 45.2 Å². The average molecular weight is 271 g/mol. The summed E-state index contributed by atoms with van der Waals surface area (Å²) >= 11 is 6.06. The Labute approximate surface area is 115 Å². The highest BCUT2D eigenvalue weighted by Gasteiger charge is 2.00. The second kappa shape index (κ2) is 8.35. The maximum Gasteiger partial charge on any atom is 0.119 e. The second-order valence-corrected chi connectivity index (χ2v) is 4.92. The van der Waals surface area contributed by atoms with Crippen molar-refractivity contribution in [2.24, 2.45) is 0 Å². The summed E-state index contributed by atoms with van der Waals surface area (Å²) in [5.41, 5.74) is 1.13. The van der Waals surface area contributed by atoms with Crippen molar-refractivity contribution in [1.29, 1.82) is 0 Å². The van der Waals surface area contributed by atoms with Crippen LogP contribution < -0.4 is 10.1 Å². The van der Waals surface area contributed by atoms with Crippen LogP contribution in [0.15, 0.2) is 18.2 Å². The number of nitrogens with zero attached hydrogens (tertiary/aromatic N) is 1. The summed E-state index contributed by atoms with van der Waals surface area (Å²) in [5.74, 6) is 0.894. The van der Waals surface area contributed by atoms with Crippen molar-refractivity contribution < 1.29 is 4.74 Å². The fraction of sp³-hybridized carbons (Fsp3) is 0.571. The molecule has 0 unspecified atom stereocenters. The molecule has 0 fully saturated rings. The number of likely N-dealkylation sites (N-methyl/N-ethyl adjacent to an activating group) is 1. The maximum absolute atomic E-state index is 6.06. The van der Waals surface area contributed by atoms with Crippen LogP contribution in [-0.2, 0) is 6.42 Å². The van der Waals surface area contributed by atoms with E-state index in [1.165, 1.54) is 0 Å². The van der Waals surface area contributed by atoms with E-state index in [2.05, 4.69) is 31.2 Å². The molecule has 0 amide bonds. The molecule has 0 saturated heterocycles. The zero-order valence-electron chi connectivity index (χ0n) is 11.5. The molecule has 0 saturated carbocycles. The van der Waals surface area contributed by atoms with E-state index in [9.17, 15) is 0 Å². The van der Waals surface area contributed by atoms with Crippen molar-refractivity contribution in [2.45, 2.75) is 13.3 Å². The van der Waals surface area contributed by atoms with Crippen molar-refractivity contribution in [3.63, 3.8) is 0 Å². The molecule has 3 nitrogen and oxygen atoms in total. The predicted octanol–water partition coefficient (Wildman–Crippen LogP) is 2.43. The lowest BCUT2D eigenvalue weighted by molar-refractivity contribution is 0.308. The average Bonchev–Trinajstić information content (AvgIpc) is 2.35. The van der Waals surface area contributed by atoms with Gasteiger partial charge in [0.25, 0.3) is 0 Å². The molecule has 0 bridgehead atoms. The van der Waals surface area contributed by atoms with Crippen LogP contribution in [0.1, 0.15) is 12.5 Å². The fourth-order valence-electron chi connectivity index (χ4n) is 1.58. The Morgan fingerprint density at radius 2 is 2.06 bits per heavy atom. The first-order valence-electron chi connectivity index (χ1n) is 6.40. The first-order valence-corrected chi connectivity index (χ1v) is 6.78. The van der Waals surface area contributed by atoms with Crippen molar-refractivity contribution >= 4 is 11.6 Å². The van der Waals surface area contributed by atoms with Gasteiger partial charge in [-0.05, 0) is 44.3 Å². The summed E-state index contributed by atoms with van der Waals surface area (Å²) in [7, 11) is 4.14. The number of halogens is 1. The second-order valence-electron chi connectivity index (χ2n) is 4.51. The number of rotatable bonds is 8. The summed E-state index contributed by atoms with van der Waals surface area (Å²) in [4.78, 5) is 2.15. The molecule has 0 heterocycles. The molecule has 0 spiro atoms. The smallest absolute Gasteiger partial charge is 0.119 e. The number of hydrogen-bond donors (Lipinski definition) is 1. The SMILES string of the molecule is CCc1cc(OCCNCCN(C)C)ccc1Cl. The number of nitrogens with one attached hydrogen (secondary N) is 1. The Hall–Kier alpha value is -0.770. The minimum atomic E-state index is 0.679.